The normalized spacial score (nSPS) is 11.9. The molecule has 0 saturated heterocycles. The van der Waals surface area contributed by atoms with Gasteiger partial charge in [-0.2, -0.15) is 0 Å². The fraction of sp³-hybridized carbons (Fsp3) is 0.212. The first-order valence-electron chi connectivity index (χ1n) is 14.0. The van der Waals surface area contributed by atoms with E-state index in [9.17, 15) is 18.0 Å². The molecule has 44 heavy (non-hydrogen) atoms. The van der Waals surface area contributed by atoms with Gasteiger partial charge in [0.2, 0.25) is 11.8 Å². The number of hydrogen-bond donors (Lipinski definition) is 1. The van der Waals surface area contributed by atoms with Crippen LogP contribution in [0.4, 0.5) is 5.69 Å². The third-order valence-corrected chi connectivity index (χ3v) is 10.1. The maximum absolute atomic E-state index is 14.4. The van der Waals surface area contributed by atoms with E-state index < -0.39 is 28.5 Å². The van der Waals surface area contributed by atoms with E-state index in [2.05, 4.69) is 27.9 Å². The van der Waals surface area contributed by atoms with E-state index in [4.69, 9.17) is 23.2 Å². The summed E-state index contributed by atoms with van der Waals surface area (Å²) in [6, 6.07) is 28.3. The second kappa shape index (κ2) is 15.7. The molecule has 4 aromatic rings. The highest BCUT2D eigenvalue weighted by Crippen LogP contribution is 2.27. The molecule has 1 unspecified atom stereocenters. The van der Waals surface area contributed by atoms with Crippen molar-refractivity contribution in [2.45, 2.75) is 37.2 Å². The predicted molar refractivity (Wildman–Crippen MR) is 184 cm³/mol. The summed E-state index contributed by atoms with van der Waals surface area (Å²) in [4.78, 5) is 29.6. The van der Waals surface area contributed by atoms with Crippen LogP contribution in [0.25, 0.3) is 0 Å². The molecule has 0 aliphatic carbocycles. The van der Waals surface area contributed by atoms with Crippen LogP contribution >= 0.6 is 45.8 Å². The van der Waals surface area contributed by atoms with Gasteiger partial charge in [0.05, 0.1) is 20.6 Å². The van der Waals surface area contributed by atoms with Crippen molar-refractivity contribution in [2.24, 2.45) is 0 Å². The predicted octanol–water partition coefficient (Wildman–Crippen LogP) is 6.96. The third-order valence-electron chi connectivity index (χ3n) is 6.88. The maximum Gasteiger partial charge on any atom is 0.264 e. The molecule has 0 aliphatic heterocycles. The van der Waals surface area contributed by atoms with Crippen LogP contribution in [0.2, 0.25) is 10.0 Å². The van der Waals surface area contributed by atoms with Crippen LogP contribution in [0.15, 0.2) is 108 Å². The average Bonchev–Trinajstić information content (AvgIpc) is 3.03. The van der Waals surface area contributed by atoms with Crippen molar-refractivity contribution in [2.75, 3.05) is 17.4 Å². The first-order chi connectivity index (χ1) is 21.1. The van der Waals surface area contributed by atoms with Crippen LogP contribution in [0, 0.1) is 3.57 Å². The molecule has 230 valence electrons. The number of benzene rings is 4. The number of hydrogen-bond acceptors (Lipinski definition) is 4. The van der Waals surface area contributed by atoms with Gasteiger partial charge in [-0.05, 0) is 88.7 Å². The molecule has 0 saturated carbocycles. The van der Waals surface area contributed by atoms with Crippen molar-refractivity contribution in [1.82, 2.24) is 10.2 Å². The van der Waals surface area contributed by atoms with Crippen molar-refractivity contribution in [3.05, 3.63) is 128 Å². The zero-order valence-corrected chi connectivity index (χ0v) is 28.5. The lowest BCUT2D eigenvalue weighted by Crippen LogP contribution is -2.53. The summed E-state index contributed by atoms with van der Waals surface area (Å²) in [5, 5.41) is 3.59. The standard InChI is InChI=1S/C33H32Cl2IN3O4S/c1-2-19-37-33(41)31(21-24-9-5-3-6-10-24)38(22-25-13-18-29(34)30(35)20-25)32(40)23-39(27-16-14-26(36)15-17-27)44(42,43)28-11-7-4-8-12-28/h3-18,20,31H,2,19,21-23H2,1H3,(H,37,41). The fourth-order valence-corrected chi connectivity index (χ4v) is 6.73. The molecule has 2 amide bonds. The first-order valence-corrected chi connectivity index (χ1v) is 17.3. The fourth-order valence-electron chi connectivity index (χ4n) is 4.61. The molecule has 0 fully saturated rings. The Morgan fingerprint density at radius 1 is 0.841 bits per heavy atom. The van der Waals surface area contributed by atoms with E-state index in [0.717, 1.165) is 13.4 Å². The number of halogens is 3. The molecule has 0 heterocycles. The number of amides is 2. The molecular weight excluding hydrogens is 732 g/mol. The minimum absolute atomic E-state index is 0.00131. The summed E-state index contributed by atoms with van der Waals surface area (Å²) >= 11 is 14.6. The Morgan fingerprint density at radius 3 is 2.09 bits per heavy atom. The molecule has 0 aliphatic rings. The van der Waals surface area contributed by atoms with Gasteiger partial charge < -0.3 is 10.2 Å². The smallest absolute Gasteiger partial charge is 0.264 e. The van der Waals surface area contributed by atoms with Gasteiger partial charge in [-0.3, -0.25) is 13.9 Å². The van der Waals surface area contributed by atoms with E-state index in [1.807, 2.05) is 37.3 Å². The summed E-state index contributed by atoms with van der Waals surface area (Å²) in [7, 11) is -4.16. The summed E-state index contributed by atoms with van der Waals surface area (Å²) in [5.41, 5.74) is 1.82. The van der Waals surface area contributed by atoms with Crippen LogP contribution in [-0.2, 0) is 32.6 Å². The summed E-state index contributed by atoms with van der Waals surface area (Å²) in [5.74, 6) is -0.891. The van der Waals surface area contributed by atoms with E-state index in [1.165, 1.54) is 17.0 Å². The number of nitrogens with one attached hydrogen (secondary N) is 1. The molecule has 4 aromatic carbocycles. The number of carbonyl (C=O) groups excluding carboxylic acids is 2. The van der Waals surface area contributed by atoms with Gasteiger partial charge >= 0.3 is 0 Å². The Labute approximate surface area is 282 Å². The largest absolute Gasteiger partial charge is 0.354 e. The monoisotopic (exact) mass is 763 g/mol. The molecule has 0 bridgehead atoms. The Morgan fingerprint density at radius 2 is 1.48 bits per heavy atom. The molecule has 1 atom stereocenters. The van der Waals surface area contributed by atoms with Crippen molar-refractivity contribution in [1.29, 1.82) is 0 Å². The topological polar surface area (TPSA) is 86.8 Å². The number of carbonyl (C=O) groups is 2. The number of anilines is 1. The highest BCUT2D eigenvalue weighted by molar-refractivity contribution is 14.1. The van der Waals surface area contributed by atoms with Crippen molar-refractivity contribution in [3.8, 4) is 0 Å². The lowest BCUT2D eigenvalue weighted by atomic mass is 10.0. The molecule has 1 N–H and O–H groups in total. The van der Waals surface area contributed by atoms with E-state index >= 15 is 0 Å². The molecule has 11 heteroatoms. The van der Waals surface area contributed by atoms with Crippen LogP contribution < -0.4 is 9.62 Å². The number of sulfonamides is 1. The number of rotatable bonds is 13. The zero-order chi connectivity index (χ0) is 31.7. The lowest BCUT2D eigenvalue weighted by molar-refractivity contribution is -0.140. The Hall–Kier alpha value is -3.12. The Kier molecular flexibility index (Phi) is 12.1. The highest BCUT2D eigenvalue weighted by atomic mass is 127. The lowest BCUT2D eigenvalue weighted by Gasteiger charge is -2.34. The molecule has 0 aromatic heterocycles. The van der Waals surface area contributed by atoms with Crippen LogP contribution in [-0.4, -0.2) is 44.3 Å². The molecule has 4 rings (SSSR count). The minimum Gasteiger partial charge on any atom is -0.354 e. The summed E-state index contributed by atoms with van der Waals surface area (Å²) in [6.07, 6.45) is 0.929. The van der Waals surface area contributed by atoms with Crippen LogP contribution in [0.5, 0.6) is 0 Å². The van der Waals surface area contributed by atoms with Gasteiger partial charge in [-0.25, -0.2) is 8.42 Å². The highest BCUT2D eigenvalue weighted by Gasteiger charge is 2.34. The number of nitrogens with zero attached hydrogens (tertiary/aromatic N) is 2. The third kappa shape index (κ3) is 8.74. The van der Waals surface area contributed by atoms with Crippen molar-refractivity contribution in [3.63, 3.8) is 0 Å². The van der Waals surface area contributed by atoms with Gasteiger partial charge in [-0.1, -0.05) is 84.7 Å². The summed E-state index contributed by atoms with van der Waals surface area (Å²) in [6.45, 7) is 1.83. The quantitative estimate of drug-likeness (QED) is 0.149. The Balaban J connectivity index is 1.80. The average molecular weight is 765 g/mol. The van der Waals surface area contributed by atoms with Crippen LogP contribution in [0.3, 0.4) is 0 Å². The second-order valence-corrected chi connectivity index (χ2v) is 14.0. The van der Waals surface area contributed by atoms with E-state index in [1.54, 1.807) is 60.7 Å². The second-order valence-electron chi connectivity index (χ2n) is 10.1. The molecule has 0 spiro atoms. The summed E-state index contributed by atoms with van der Waals surface area (Å²) < 4.78 is 30.0. The van der Waals surface area contributed by atoms with Gasteiger partial charge in [0.1, 0.15) is 12.6 Å². The maximum atomic E-state index is 14.4. The van der Waals surface area contributed by atoms with E-state index in [-0.39, 0.29) is 23.8 Å². The Bertz CT molecular complexity index is 1670. The van der Waals surface area contributed by atoms with Gasteiger partial charge in [0, 0.05) is 23.1 Å². The SMILES string of the molecule is CCCNC(=O)C(Cc1ccccc1)N(Cc1ccc(Cl)c(Cl)c1)C(=O)CN(c1ccc(I)cc1)S(=O)(=O)c1ccccc1. The molecule has 7 nitrogen and oxygen atoms in total. The minimum atomic E-state index is -4.16. The zero-order valence-electron chi connectivity index (χ0n) is 24.0. The van der Waals surface area contributed by atoms with Crippen molar-refractivity contribution >= 4 is 73.3 Å². The van der Waals surface area contributed by atoms with E-state index in [0.29, 0.717) is 34.3 Å². The van der Waals surface area contributed by atoms with Gasteiger partial charge in [0.25, 0.3) is 10.0 Å². The van der Waals surface area contributed by atoms with Gasteiger partial charge in [0.15, 0.2) is 0 Å². The molecule has 0 radical (unpaired) electrons. The van der Waals surface area contributed by atoms with Gasteiger partial charge in [-0.15, -0.1) is 0 Å². The van der Waals surface area contributed by atoms with Crippen LogP contribution in [0.1, 0.15) is 24.5 Å². The molecular formula is C33H32Cl2IN3O4S. The van der Waals surface area contributed by atoms with Crippen molar-refractivity contribution < 1.29 is 18.0 Å². The first kappa shape index (κ1) is 33.8.